The van der Waals surface area contributed by atoms with E-state index in [4.69, 9.17) is 9.47 Å². The van der Waals surface area contributed by atoms with Crippen LogP contribution in [-0.4, -0.2) is 24.6 Å². The van der Waals surface area contributed by atoms with Crippen LogP contribution >= 0.6 is 0 Å². The van der Waals surface area contributed by atoms with Gasteiger partial charge in [-0.3, -0.25) is 9.59 Å². The van der Waals surface area contributed by atoms with Gasteiger partial charge in [0, 0.05) is 0 Å². The fourth-order valence-electron chi connectivity index (χ4n) is 1.26. The van der Waals surface area contributed by atoms with Crippen LogP contribution in [-0.2, 0) is 19.1 Å². The maximum atomic E-state index is 11.5. The van der Waals surface area contributed by atoms with Gasteiger partial charge in [0.1, 0.15) is 6.10 Å². The summed E-state index contributed by atoms with van der Waals surface area (Å²) >= 11 is 0. The monoisotopic (exact) mass is 214 g/mol. The van der Waals surface area contributed by atoms with E-state index in [-0.39, 0.29) is 30.4 Å². The Balaban J connectivity index is 2.32. The van der Waals surface area contributed by atoms with Crippen molar-refractivity contribution in [3.63, 3.8) is 0 Å². The minimum Gasteiger partial charge on any atom is -0.466 e. The fourth-order valence-corrected chi connectivity index (χ4v) is 1.26. The lowest BCUT2D eigenvalue weighted by Crippen LogP contribution is -2.22. The SMILES string of the molecule is CCOC(=O)CC(CC)C(=O)OC1CC1. The van der Waals surface area contributed by atoms with Crippen molar-refractivity contribution in [2.75, 3.05) is 6.61 Å². The molecule has 0 spiro atoms. The molecule has 0 aromatic carbocycles. The van der Waals surface area contributed by atoms with Gasteiger partial charge in [0.15, 0.2) is 0 Å². The van der Waals surface area contributed by atoms with Gasteiger partial charge >= 0.3 is 11.9 Å². The van der Waals surface area contributed by atoms with Gasteiger partial charge < -0.3 is 9.47 Å². The molecule has 0 aromatic rings. The molecule has 0 radical (unpaired) electrons. The first-order valence-corrected chi connectivity index (χ1v) is 5.53. The van der Waals surface area contributed by atoms with Crippen molar-refractivity contribution in [2.45, 2.75) is 45.6 Å². The Hall–Kier alpha value is -1.06. The lowest BCUT2D eigenvalue weighted by molar-refractivity contribution is -0.156. The van der Waals surface area contributed by atoms with E-state index >= 15 is 0 Å². The molecule has 0 saturated heterocycles. The normalized spacial score (nSPS) is 16.9. The molecular weight excluding hydrogens is 196 g/mol. The predicted molar refractivity (Wildman–Crippen MR) is 54.1 cm³/mol. The predicted octanol–water partition coefficient (Wildman–Crippen LogP) is 1.67. The highest BCUT2D eigenvalue weighted by molar-refractivity contribution is 5.80. The van der Waals surface area contributed by atoms with Gasteiger partial charge in [-0.05, 0) is 26.2 Å². The van der Waals surface area contributed by atoms with Gasteiger partial charge in [0.2, 0.25) is 0 Å². The van der Waals surface area contributed by atoms with Crippen LogP contribution in [0.3, 0.4) is 0 Å². The number of esters is 2. The summed E-state index contributed by atoms with van der Waals surface area (Å²) in [7, 11) is 0. The number of carbonyl (C=O) groups is 2. The first-order chi connectivity index (χ1) is 7.17. The van der Waals surface area contributed by atoms with Gasteiger partial charge in [-0.1, -0.05) is 6.92 Å². The third-order valence-corrected chi connectivity index (χ3v) is 2.35. The van der Waals surface area contributed by atoms with Gasteiger partial charge in [-0.25, -0.2) is 0 Å². The van der Waals surface area contributed by atoms with Crippen LogP contribution in [0.4, 0.5) is 0 Å². The quantitative estimate of drug-likeness (QED) is 0.631. The molecule has 0 aromatic heterocycles. The minimum atomic E-state index is -0.343. The topological polar surface area (TPSA) is 52.6 Å². The van der Waals surface area contributed by atoms with Crippen molar-refractivity contribution in [1.29, 1.82) is 0 Å². The highest BCUT2D eigenvalue weighted by Gasteiger charge is 2.30. The Kier molecular flexibility index (Phi) is 4.59. The van der Waals surface area contributed by atoms with E-state index in [2.05, 4.69) is 0 Å². The second-order valence-corrected chi connectivity index (χ2v) is 3.75. The lowest BCUT2D eigenvalue weighted by Gasteiger charge is -2.12. The Bertz CT molecular complexity index is 233. The van der Waals surface area contributed by atoms with Crippen molar-refractivity contribution in [2.24, 2.45) is 5.92 Å². The van der Waals surface area contributed by atoms with E-state index in [1.54, 1.807) is 6.92 Å². The molecule has 0 aliphatic heterocycles. The third-order valence-electron chi connectivity index (χ3n) is 2.35. The molecule has 4 heteroatoms. The zero-order valence-electron chi connectivity index (χ0n) is 9.32. The second-order valence-electron chi connectivity index (χ2n) is 3.75. The highest BCUT2D eigenvalue weighted by atomic mass is 16.6. The maximum Gasteiger partial charge on any atom is 0.309 e. The molecule has 0 bridgehead atoms. The number of rotatable bonds is 6. The zero-order valence-corrected chi connectivity index (χ0v) is 9.32. The second kappa shape index (κ2) is 5.73. The smallest absolute Gasteiger partial charge is 0.309 e. The summed E-state index contributed by atoms with van der Waals surface area (Å²) in [5, 5.41) is 0. The molecule has 86 valence electrons. The summed E-state index contributed by atoms with van der Waals surface area (Å²) in [6.07, 6.45) is 2.78. The minimum absolute atomic E-state index is 0.105. The molecule has 1 atom stereocenters. The number of carbonyl (C=O) groups excluding carboxylic acids is 2. The Morgan fingerprint density at radius 2 is 2.00 bits per heavy atom. The van der Waals surface area contributed by atoms with Gasteiger partial charge in [-0.15, -0.1) is 0 Å². The van der Waals surface area contributed by atoms with Crippen LogP contribution in [0.5, 0.6) is 0 Å². The van der Waals surface area contributed by atoms with E-state index in [1.165, 1.54) is 0 Å². The summed E-state index contributed by atoms with van der Waals surface area (Å²) < 4.78 is 9.94. The molecule has 1 fully saturated rings. The van der Waals surface area contributed by atoms with Crippen molar-refractivity contribution >= 4 is 11.9 Å². The molecule has 15 heavy (non-hydrogen) atoms. The summed E-state index contributed by atoms with van der Waals surface area (Å²) in [6, 6.07) is 0. The van der Waals surface area contributed by atoms with Crippen LogP contribution in [0, 0.1) is 5.92 Å². The summed E-state index contributed by atoms with van der Waals surface area (Å²) in [6.45, 7) is 3.98. The molecule has 0 N–H and O–H groups in total. The van der Waals surface area contributed by atoms with Crippen LogP contribution in [0.25, 0.3) is 0 Å². The summed E-state index contributed by atoms with van der Waals surface area (Å²) in [5.74, 6) is -0.921. The summed E-state index contributed by atoms with van der Waals surface area (Å²) in [4.78, 5) is 22.7. The largest absolute Gasteiger partial charge is 0.466 e. The maximum absolute atomic E-state index is 11.5. The van der Waals surface area contributed by atoms with Gasteiger partial charge in [0.05, 0.1) is 18.9 Å². The van der Waals surface area contributed by atoms with Crippen molar-refractivity contribution in [1.82, 2.24) is 0 Å². The molecular formula is C11H18O4. The van der Waals surface area contributed by atoms with E-state index in [0.717, 1.165) is 12.8 Å². The first kappa shape index (κ1) is 12.0. The van der Waals surface area contributed by atoms with Gasteiger partial charge in [0.25, 0.3) is 0 Å². The molecule has 4 nitrogen and oxygen atoms in total. The van der Waals surface area contributed by atoms with Crippen LogP contribution < -0.4 is 0 Å². The van der Waals surface area contributed by atoms with E-state index < -0.39 is 0 Å². The average Bonchev–Trinajstić information content (AvgIpc) is 2.98. The van der Waals surface area contributed by atoms with Crippen LogP contribution in [0.1, 0.15) is 39.5 Å². The molecule has 1 aliphatic rings. The standard InChI is InChI=1S/C11H18O4/c1-3-8(7-10(12)14-4-2)11(13)15-9-5-6-9/h8-9H,3-7H2,1-2H3. The highest BCUT2D eigenvalue weighted by Crippen LogP contribution is 2.25. The Labute approximate surface area is 89.9 Å². The number of hydrogen-bond acceptors (Lipinski definition) is 4. The lowest BCUT2D eigenvalue weighted by atomic mass is 10.0. The molecule has 1 aliphatic carbocycles. The first-order valence-electron chi connectivity index (χ1n) is 5.53. The zero-order chi connectivity index (χ0) is 11.3. The van der Waals surface area contributed by atoms with E-state index in [1.807, 2.05) is 6.92 Å². The van der Waals surface area contributed by atoms with Crippen molar-refractivity contribution in [3.8, 4) is 0 Å². The average molecular weight is 214 g/mol. The van der Waals surface area contributed by atoms with Gasteiger partial charge in [-0.2, -0.15) is 0 Å². The third kappa shape index (κ3) is 4.32. The van der Waals surface area contributed by atoms with Crippen molar-refractivity contribution in [3.05, 3.63) is 0 Å². The number of ether oxygens (including phenoxy) is 2. The summed E-state index contributed by atoms with van der Waals surface area (Å²) in [5.41, 5.74) is 0. The van der Waals surface area contributed by atoms with Crippen LogP contribution in [0.2, 0.25) is 0 Å². The fraction of sp³-hybridized carbons (Fsp3) is 0.818. The molecule has 0 amide bonds. The Morgan fingerprint density at radius 1 is 1.33 bits per heavy atom. The van der Waals surface area contributed by atoms with E-state index in [9.17, 15) is 9.59 Å². The van der Waals surface area contributed by atoms with Crippen molar-refractivity contribution < 1.29 is 19.1 Å². The van der Waals surface area contributed by atoms with E-state index in [0.29, 0.717) is 13.0 Å². The molecule has 1 unspecified atom stereocenters. The number of hydrogen-bond donors (Lipinski definition) is 0. The molecule has 1 saturated carbocycles. The molecule has 0 heterocycles. The molecule has 1 rings (SSSR count). The Morgan fingerprint density at radius 3 is 2.47 bits per heavy atom. The van der Waals surface area contributed by atoms with Crippen LogP contribution in [0.15, 0.2) is 0 Å².